The van der Waals surface area contributed by atoms with E-state index in [0.29, 0.717) is 18.4 Å². The Kier molecular flexibility index (Phi) is 5.37. The molecule has 1 aromatic heterocycles. The highest BCUT2D eigenvalue weighted by Crippen LogP contribution is 2.27. The number of anilines is 1. The van der Waals surface area contributed by atoms with Crippen LogP contribution in [0.4, 0.5) is 5.95 Å². The van der Waals surface area contributed by atoms with Crippen LogP contribution in [0.1, 0.15) is 12.5 Å². The molecule has 1 saturated heterocycles. The lowest BCUT2D eigenvalue weighted by Gasteiger charge is -2.28. The van der Waals surface area contributed by atoms with Gasteiger partial charge in [-0.25, -0.2) is 0 Å². The van der Waals surface area contributed by atoms with E-state index in [2.05, 4.69) is 34.2 Å². The number of rotatable bonds is 6. The van der Waals surface area contributed by atoms with E-state index in [1.807, 2.05) is 16.7 Å². The van der Waals surface area contributed by atoms with Crippen LogP contribution in [0.5, 0.6) is 0 Å². The van der Waals surface area contributed by atoms with Crippen molar-refractivity contribution in [2.45, 2.75) is 18.5 Å². The summed E-state index contributed by atoms with van der Waals surface area (Å²) in [5.41, 5.74) is 7.51. The molecule has 2 aromatic rings. The number of aromatic nitrogens is 3. The summed E-state index contributed by atoms with van der Waals surface area (Å²) in [5, 5.41) is 9.31. The van der Waals surface area contributed by atoms with Crippen LogP contribution in [0.2, 0.25) is 0 Å². The van der Waals surface area contributed by atoms with Gasteiger partial charge in [-0.1, -0.05) is 30.8 Å². The number of morpholine rings is 1. The van der Waals surface area contributed by atoms with Crippen molar-refractivity contribution in [1.29, 1.82) is 0 Å². The van der Waals surface area contributed by atoms with Crippen molar-refractivity contribution in [3.63, 3.8) is 0 Å². The Morgan fingerprint density at radius 2 is 2.12 bits per heavy atom. The largest absolute Gasteiger partial charge is 0.378 e. The van der Waals surface area contributed by atoms with E-state index < -0.39 is 0 Å². The van der Waals surface area contributed by atoms with E-state index in [9.17, 15) is 4.79 Å². The first-order valence-electron chi connectivity index (χ1n) is 7.97. The Bertz CT molecular complexity index is 712. The standard InChI is InChI=1S/C16H21N5O2S/c1-2-12-4-3-5-13(10-12)21-15(20-6-8-23-9-7-20)18-19-16(21)24-11-14(17)22/h3-5,10H,2,6-9,11H2,1H3,(H2,17,22). The van der Waals surface area contributed by atoms with Gasteiger partial charge >= 0.3 is 0 Å². The minimum absolute atomic E-state index is 0.175. The molecule has 1 amide bonds. The molecule has 0 spiro atoms. The summed E-state index contributed by atoms with van der Waals surface area (Å²) in [4.78, 5) is 13.3. The smallest absolute Gasteiger partial charge is 0.232 e. The van der Waals surface area contributed by atoms with E-state index in [4.69, 9.17) is 10.5 Å². The summed E-state index contributed by atoms with van der Waals surface area (Å²) in [6.45, 7) is 5.01. The van der Waals surface area contributed by atoms with Crippen molar-refractivity contribution in [3.05, 3.63) is 29.8 Å². The molecule has 1 fully saturated rings. The maximum Gasteiger partial charge on any atom is 0.232 e. The first-order valence-corrected chi connectivity index (χ1v) is 8.96. The molecule has 0 radical (unpaired) electrons. The molecular weight excluding hydrogens is 326 g/mol. The summed E-state index contributed by atoms with van der Waals surface area (Å²) >= 11 is 1.31. The molecule has 0 bridgehead atoms. The highest BCUT2D eigenvalue weighted by molar-refractivity contribution is 7.99. The second-order valence-electron chi connectivity index (χ2n) is 5.50. The predicted molar refractivity (Wildman–Crippen MR) is 93.7 cm³/mol. The monoisotopic (exact) mass is 347 g/mol. The molecule has 2 N–H and O–H groups in total. The zero-order valence-electron chi connectivity index (χ0n) is 13.6. The van der Waals surface area contributed by atoms with Crippen molar-refractivity contribution in [2.24, 2.45) is 5.73 Å². The third kappa shape index (κ3) is 3.70. The number of thioether (sulfide) groups is 1. The molecular formula is C16H21N5O2S. The molecule has 1 aromatic carbocycles. The van der Waals surface area contributed by atoms with Gasteiger partial charge in [0.05, 0.1) is 24.7 Å². The molecule has 1 aliphatic heterocycles. The molecule has 0 atom stereocenters. The maximum atomic E-state index is 11.1. The van der Waals surface area contributed by atoms with Crippen molar-refractivity contribution in [1.82, 2.24) is 14.8 Å². The van der Waals surface area contributed by atoms with Gasteiger partial charge < -0.3 is 15.4 Å². The number of carbonyl (C=O) groups is 1. The van der Waals surface area contributed by atoms with E-state index in [1.165, 1.54) is 17.3 Å². The lowest BCUT2D eigenvalue weighted by atomic mass is 10.1. The Balaban J connectivity index is 2.00. The highest BCUT2D eigenvalue weighted by Gasteiger charge is 2.22. The molecule has 0 aliphatic carbocycles. The Morgan fingerprint density at radius 3 is 2.83 bits per heavy atom. The number of hydrogen-bond acceptors (Lipinski definition) is 6. The molecule has 7 nitrogen and oxygen atoms in total. The molecule has 0 unspecified atom stereocenters. The van der Waals surface area contributed by atoms with E-state index in [-0.39, 0.29) is 11.7 Å². The van der Waals surface area contributed by atoms with Gasteiger partial charge in [-0.15, -0.1) is 10.2 Å². The van der Waals surface area contributed by atoms with Crippen LogP contribution in [0.15, 0.2) is 29.4 Å². The van der Waals surface area contributed by atoms with Crippen LogP contribution in [0.3, 0.4) is 0 Å². The maximum absolute atomic E-state index is 11.1. The third-order valence-corrected chi connectivity index (χ3v) is 4.78. The normalized spacial score (nSPS) is 14.8. The summed E-state index contributed by atoms with van der Waals surface area (Å²) in [6, 6.07) is 8.28. The quantitative estimate of drug-likeness (QED) is 0.792. The Hall–Kier alpha value is -2.06. The van der Waals surface area contributed by atoms with E-state index >= 15 is 0 Å². The van der Waals surface area contributed by atoms with Crippen LogP contribution in [0, 0.1) is 0 Å². The number of nitrogens with zero attached hydrogens (tertiary/aromatic N) is 4. The topological polar surface area (TPSA) is 86.3 Å². The van der Waals surface area contributed by atoms with Crippen LogP contribution in [-0.4, -0.2) is 52.7 Å². The first kappa shape index (κ1) is 16.8. The van der Waals surface area contributed by atoms with E-state index in [0.717, 1.165) is 31.1 Å². The van der Waals surface area contributed by atoms with Gasteiger partial charge in [0.25, 0.3) is 0 Å². The fraction of sp³-hybridized carbons (Fsp3) is 0.438. The van der Waals surface area contributed by atoms with Gasteiger partial charge in [0.15, 0.2) is 5.16 Å². The number of aryl methyl sites for hydroxylation is 1. The SMILES string of the molecule is CCc1cccc(-n2c(SCC(N)=O)nnc2N2CCOCC2)c1. The average molecular weight is 347 g/mol. The molecule has 128 valence electrons. The summed E-state index contributed by atoms with van der Waals surface area (Å²) in [6.07, 6.45) is 0.951. The lowest BCUT2D eigenvalue weighted by molar-refractivity contribution is -0.115. The molecule has 8 heteroatoms. The number of ether oxygens (including phenoxy) is 1. The number of amides is 1. The number of benzene rings is 1. The van der Waals surface area contributed by atoms with E-state index in [1.54, 1.807) is 0 Å². The zero-order valence-corrected chi connectivity index (χ0v) is 14.5. The molecule has 3 rings (SSSR count). The lowest BCUT2D eigenvalue weighted by Crippen LogP contribution is -2.37. The van der Waals surface area contributed by atoms with Gasteiger partial charge in [0.2, 0.25) is 11.9 Å². The van der Waals surface area contributed by atoms with Gasteiger partial charge in [0, 0.05) is 13.1 Å². The minimum atomic E-state index is -0.371. The van der Waals surface area contributed by atoms with Gasteiger partial charge in [-0.3, -0.25) is 9.36 Å². The molecule has 2 heterocycles. The number of primary amides is 1. The fourth-order valence-electron chi connectivity index (χ4n) is 2.60. The third-order valence-electron chi connectivity index (χ3n) is 3.83. The summed E-state index contributed by atoms with van der Waals surface area (Å²) in [5.74, 6) is 0.581. The number of hydrogen-bond donors (Lipinski definition) is 1. The van der Waals surface area contributed by atoms with Crippen molar-refractivity contribution in [3.8, 4) is 5.69 Å². The zero-order chi connectivity index (χ0) is 16.9. The van der Waals surface area contributed by atoms with Crippen molar-refractivity contribution < 1.29 is 9.53 Å². The van der Waals surface area contributed by atoms with Gasteiger partial charge in [0.1, 0.15) is 0 Å². The van der Waals surface area contributed by atoms with Gasteiger partial charge in [-0.2, -0.15) is 0 Å². The second kappa shape index (κ2) is 7.67. The van der Waals surface area contributed by atoms with Crippen molar-refractivity contribution >= 4 is 23.6 Å². The van der Waals surface area contributed by atoms with Crippen LogP contribution in [0.25, 0.3) is 5.69 Å². The Morgan fingerprint density at radius 1 is 1.33 bits per heavy atom. The van der Waals surface area contributed by atoms with Gasteiger partial charge in [-0.05, 0) is 24.1 Å². The average Bonchev–Trinajstić information content (AvgIpc) is 3.04. The van der Waals surface area contributed by atoms with Crippen LogP contribution < -0.4 is 10.6 Å². The van der Waals surface area contributed by atoms with Crippen LogP contribution in [-0.2, 0) is 16.0 Å². The molecule has 0 saturated carbocycles. The number of nitrogens with two attached hydrogens (primary N) is 1. The predicted octanol–water partition coefficient (Wildman–Crippen LogP) is 1.24. The summed E-state index contributed by atoms with van der Waals surface area (Å²) < 4.78 is 7.42. The van der Waals surface area contributed by atoms with Crippen LogP contribution >= 0.6 is 11.8 Å². The second-order valence-corrected chi connectivity index (χ2v) is 6.44. The Labute approximate surface area is 145 Å². The molecule has 24 heavy (non-hydrogen) atoms. The minimum Gasteiger partial charge on any atom is -0.378 e. The summed E-state index contributed by atoms with van der Waals surface area (Å²) in [7, 11) is 0. The van der Waals surface area contributed by atoms with Crippen molar-refractivity contribution in [2.75, 3.05) is 37.0 Å². The molecule has 1 aliphatic rings. The fourth-order valence-corrected chi connectivity index (χ4v) is 3.29. The highest BCUT2D eigenvalue weighted by atomic mass is 32.2. The number of carbonyl (C=O) groups excluding carboxylic acids is 1. The first-order chi connectivity index (χ1) is 11.7.